The molecule has 138 valence electrons. The van der Waals surface area contributed by atoms with Crippen LogP contribution in [0.2, 0.25) is 10.0 Å². The highest BCUT2D eigenvalue weighted by Crippen LogP contribution is 2.32. The number of fused-ring (bicyclic) bond motifs is 1. The molecule has 26 heavy (non-hydrogen) atoms. The van der Waals surface area contributed by atoms with Gasteiger partial charge >= 0.3 is 5.97 Å². The van der Waals surface area contributed by atoms with Crippen LogP contribution in [0.3, 0.4) is 0 Å². The number of rotatable bonds is 4. The topological polar surface area (TPSA) is 68.3 Å². The first-order valence-corrected chi connectivity index (χ1v) is 9.85. The van der Waals surface area contributed by atoms with Gasteiger partial charge in [-0.25, -0.2) is 9.78 Å². The molecule has 0 unspecified atom stereocenters. The monoisotopic (exact) mass is 412 g/mol. The Kier molecular flexibility index (Phi) is 5.85. The summed E-state index contributed by atoms with van der Waals surface area (Å²) in [7, 11) is 0. The van der Waals surface area contributed by atoms with Crippen LogP contribution in [0.1, 0.15) is 40.4 Å². The van der Waals surface area contributed by atoms with Gasteiger partial charge in [0.1, 0.15) is 4.88 Å². The van der Waals surface area contributed by atoms with E-state index in [-0.39, 0.29) is 10.8 Å². The fourth-order valence-corrected chi connectivity index (χ4v) is 4.32. The highest BCUT2D eigenvalue weighted by molar-refractivity contribution is 7.14. The zero-order valence-corrected chi connectivity index (χ0v) is 16.7. The summed E-state index contributed by atoms with van der Waals surface area (Å²) in [5.74, 6) is -0.202. The largest absolute Gasteiger partial charge is 0.448 e. The van der Waals surface area contributed by atoms with Crippen LogP contribution in [-0.2, 0) is 22.4 Å². The average molecular weight is 413 g/mol. The number of halogens is 2. The van der Waals surface area contributed by atoms with Gasteiger partial charge in [0.05, 0.1) is 10.0 Å². The van der Waals surface area contributed by atoms with E-state index >= 15 is 0 Å². The van der Waals surface area contributed by atoms with E-state index < -0.39 is 18.0 Å². The molecule has 1 aliphatic carbocycles. The zero-order chi connectivity index (χ0) is 18.8. The third kappa shape index (κ3) is 4.37. The normalized spacial score (nSPS) is 17.3. The van der Waals surface area contributed by atoms with Crippen LogP contribution in [0, 0.1) is 5.92 Å². The number of pyridine rings is 1. The van der Waals surface area contributed by atoms with Gasteiger partial charge in [-0.2, -0.15) is 0 Å². The number of aryl methyl sites for hydroxylation is 1. The van der Waals surface area contributed by atoms with E-state index in [2.05, 4.69) is 17.2 Å². The molecule has 2 aromatic heterocycles. The lowest BCUT2D eigenvalue weighted by Crippen LogP contribution is -2.30. The summed E-state index contributed by atoms with van der Waals surface area (Å²) in [5, 5.41) is 3.11. The lowest BCUT2D eigenvalue weighted by atomic mass is 9.90. The molecule has 0 radical (unpaired) electrons. The molecule has 3 rings (SSSR count). The highest BCUT2D eigenvalue weighted by atomic mass is 35.5. The van der Waals surface area contributed by atoms with E-state index in [1.54, 1.807) is 0 Å². The second-order valence-electron chi connectivity index (χ2n) is 6.43. The van der Waals surface area contributed by atoms with Crippen LogP contribution in [0.25, 0.3) is 0 Å². The van der Waals surface area contributed by atoms with Crippen molar-refractivity contribution in [1.82, 2.24) is 4.98 Å². The molecular weight excluding hydrogens is 395 g/mol. The number of ether oxygens (including phenoxy) is 1. The Morgan fingerprint density at radius 2 is 2.15 bits per heavy atom. The van der Waals surface area contributed by atoms with Crippen molar-refractivity contribution in [1.29, 1.82) is 0 Å². The minimum absolute atomic E-state index is 0.171. The van der Waals surface area contributed by atoms with Gasteiger partial charge in [0.15, 0.2) is 11.9 Å². The molecule has 2 heterocycles. The Morgan fingerprint density at radius 1 is 1.38 bits per heavy atom. The Labute approximate surface area is 165 Å². The minimum Gasteiger partial charge on any atom is -0.448 e. The quantitative estimate of drug-likeness (QED) is 0.734. The predicted octanol–water partition coefficient (Wildman–Crippen LogP) is 4.76. The Morgan fingerprint density at radius 3 is 2.88 bits per heavy atom. The number of aromatic nitrogens is 1. The first-order valence-electron chi connectivity index (χ1n) is 8.28. The molecule has 0 spiro atoms. The molecule has 2 atom stereocenters. The van der Waals surface area contributed by atoms with Gasteiger partial charge in [-0.1, -0.05) is 30.1 Å². The van der Waals surface area contributed by atoms with Crippen molar-refractivity contribution in [2.75, 3.05) is 5.32 Å². The second kappa shape index (κ2) is 7.94. The second-order valence-corrected chi connectivity index (χ2v) is 8.41. The maximum Gasteiger partial charge on any atom is 0.349 e. The van der Waals surface area contributed by atoms with E-state index in [1.807, 2.05) is 6.07 Å². The molecule has 1 aliphatic rings. The molecule has 0 aromatic carbocycles. The van der Waals surface area contributed by atoms with E-state index in [4.69, 9.17) is 27.9 Å². The minimum atomic E-state index is -0.978. The summed E-state index contributed by atoms with van der Waals surface area (Å²) >= 11 is 13.2. The summed E-state index contributed by atoms with van der Waals surface area (Å²) in [6, 6.07) is 3.36. The van der Waals surface area contributed by atoms with Crippen molar-refractivity contribution >= 4 is 52.2 Å². The number of nitrogens with one attached hydrogen (secondary N) is 1. The summed E-state index contributed by atoms with van der Waals surface area (Å²) in [6.45, 7) is 3.72. The number of hydrogen-bond donors (Lipinski definition) is 1. The maximum absolute atomic E-state index is 12.4. The smallest absolute Gasteiger partial charge is 0.349 e. The predicted molar refractivity (Wildman–Crippen MR) is 103 cm³/mol. The summed E-state index contributed by atoms with van der Waals surface area (Å²) in [4.78, 5) is 30.3. The van der Waals surface area contributed by atoms with Gasteiger partial charge in [-0.3, -0.25) is 4.79 Å². The molecule has 5 nitrogen and oxygen atoms in total. The zero-order valence-electron chi connectivity index (χ0n) is 14.3. The highest BCUT2D eigenvalue weighted by Gasteiger charge is 2.24. The summed E-state index contributed by atoms with van der Waals surface area (Å²) in [5.41, 5.74) is 1.22. The van der Waals surface area contributed by atoms with Crippen molar-refractivity contribution in [2.45, 2.75) is 39.2 Å². The molecular formula is C18H18Cl2N2O3S. The number of nitrogens with zero attached hydrogens (tertiary/aromatic N) is 1. The van der Waals surface area contributed by atoms with Gasteiger partial charge in [0.2, 0.25) is 0 Å². The number of carbonyl (C=O) groups is 2. The fourth-order valence-electron chi connectivity index (χ4n) is 2.80. The van der Waals surface area contributed by atoms with Crippen molar-refractivity contribution in [3.63, 3.8) is 0 Å². The number of amides is 1. The van der Waals surface area contributed by atoms with Crippen LogP contribution in [0.15, 0.2) is 18.3 Å². The lowest BCUT2D eigenvalue weighted by Gasteiger charge is -2.16. The molecule has 0 saturated carbocycles. The van der Waals surface area contributed by atoms with Gasteiger partial charge in [-0.05, 0) is 49.8 Å². The lowest BCUT2D eigenvalue weighted by molar-refractivity contribution is -0.123. The molecule has 0 fully saturated rings. The standard InChI is InChI=1S/C18H18Cl2N2O3S/c1-9-3-4-14-11(5-9)6-15(26-14)18(24)25-10(2)17(23)22-16-13(20)7-12(19)8-21-16/h6-10H,3-5H2,1-2H3,(H,21,22,23)/t9-,10-/m1/s1. The number of carbonyl (C=O) groups excluding carboxylic acids is 2. The molecule has 1 amide bonds. The van der Waals surface area contributed by atoms with Crippen LogP contribution in [-0.4, -0.2) is 23.0 Å². The van der Waals surface area contributed by atoms with Crippen molar-refractivity contribution < 1.29 is 14.3 Å². The summed E-state index contributed by atoms with van der Waals surface area (Å²) < 4.78 is 5.30. The average Bonchev–Trinajstić information content (AvgIpc) is 3.00. The molecule has 1 N–H and O–H groups in total. The maximum atomic E-state index is 12.4. The van der Waals surface area contributed by atoms with Crippen molar-refractivity contribution in [3.8, 4) is 0 Å². The van der Waals surface area contributed by atoms with Gasteiger partial charge in [0, 0.05) is 11.1 Å². The van der Waals surface area contributed by atoms with Gasteiger partial charge in [-0.15, -0.1) is 11.3 Å². The molecule has 0 bridgehead atoms. The number of hydrogen-bond acceptors (Lipinski definition) is 5. The SMILES string of the molecule is C[C@@H]1CCc2sc(C(=O)O[C@H](C)C(=O)Nc3ncc(Cl)cc3Cl)cc2C1. The van der Waals surface area contributed by atoms with Crippen LogP contribution >= 0.6 is 34.5 Å². The Bertz CT molecular complexity index is 853. The summed E-state index contributed by atoms with van der Waals surface area (Å²) in [6.07, 6.45) is 3.50. The number of anilines is 1. The molecule has 8 heteroatoms. The Balaban J connectivity index is 1.62. The van der Waals surface area contributed by atoms with Crippen molar-refractivity contribution in [2.24, 2.45) is 5.92 Å². The van der Waals surface area contributed by atoms with Crippen molar-refractivity contribution in [3.05, 3.63) is 43.7 Å². The number of esters is 1. The third-order valence-corrected chi connectivity index (χ3v) is 5.94. The number of thiophene rings is 1. The molecule has 2 aromatic rings. The molecule has 0 saturated heterocycles. The van der Waals surface area contributed by atoms with Crippen LogP contribution in [0.4, 0.5) is 5.82 Å². The fraction of sp³-hybridized carbons (Fsp3) is 0.389. The van der Waals surface area contributed by atoms with Gasteiger partial charge in [0.25, 0.3) is 5.91 Å². The van der Waals surface area contributed by atoms with E-state index in [1.165, 1.54) is 41.0 Å². The Hall–Kier alpha value is -1.63. The first kappa shape index (κ1) is 19.1. The van der Waals surface area contributed by atoms with E-state index in [9.17, 15) is 9.59 Å². The van der Waals surface area contributed by atoms with Crippen LogP contribution < -0.4 is 5.32 Å². The first-order chi connectivity index (χ1) is 12.3. The third-order valence-electron chi connectivity index (χ3n) is 4.23. The van der Waals surface area contributed by atoms with E-state index in [0.717, 1.165) is 19.3 Å². The van der Waals surface area contributed by atoms with Gasteiger partial charge < -0.3 is 10.1 Å². The van der Waals surface area contributed by atoms with Crippen LogP contribution in [0.5, 0.6) is 0 Å². The van der Waals surface area contributed by atoms with E-state index in [0.29, 0.717) is 15.8 Å². The molecule has 0 aliphatic heterocycles.